The largest absolute Gasteiger partial charge is 0.316 e. The summed E-state index contributed by atoms with van der Waals surface area (Å²) < 4.78 is 27.3. The minimum atomic E-state index is -0.875. The van der Waals surface area contributed by atoms with Crippen LogP contribution in [0.15, 0.2) is 29.0 Å². The van der Waals surface area contributed by atoms with Gasteiger partial charge in [-0.05, 0) is 19.1 Å². The molecule has 0 saturated carbocycles. The van der Waals surface area contributed by atoms with E-state index in [1.165, 1.54) is 12.4 Å². The van der Waals surface area contributed by atoms with Crippen LogP contribution in [0.4, 0.5) is 14.5 Å². The first-order chi connectivity index (χ1) is 8.97. The lowest BCUT2D eigenvalue weighted by Gasteiger charge is -2.07. The van der Waals surface area contributed by atoms with Gasteiger partial charge < -0.3 is 5.32 Å². The van der Waals surface area contributed by atoms with Crippen LogP contribution in [0.3, 0.4) is 0 Å². The highest BCUT2D eigenvalue weighted by molar-refractivity contribution is 9.10. The molecule has 0 bridgehead atoms. The van der Waals surface area contributed by atoms with E-state index in [1.807, 2.05) is 0 Å². The van der Waals surface area contributed by atoms with Gasteiger partial charge >= 0.3 is 0 Å². The summed E-state index contributed by atoms with van der Waals surface area (Å²) in [6, 6.07) is 2.11. The van der Waals surface area contributed by atoms with E-state index in [0.29, 0.717) is 5.69 Å². The van der Waals surface area contributed by atoms with Gasteiger partial charge in [-0.1, -0.05) is 15.9 Å². The number of nitrogens with zero attached hydrogens (tertiary/aromatic N) is 2. The molecule has 19 heavy (non-hydrogen) atoms. The highest BCUT2D eigenvalue weighted by Crippen LogP contribution is 2.24. The quantitative estimate of drug-likeness (QED) is 0.922. The number of aromatic nitrogens is 2. The monoisotopic (exact) mass is 327 g/mol. The van der Waals surface area contributed by atoms with Crippen molar-refractivity contribution in [2.45, 2.75) is 6.92 Å². The van der Waals surface area contributed by atoms with Crippen LogP contribution >= 0.6 is 15.9 Å². The van der Waals surface area contributed by atoms with Gasteiger partial charge in [0.25, 0.3) is 5.91 Å². The molecule has 4 nitrogen and oxygen atoms in total. The molecular formula is C12H8BrF2N3O. The normalized spacial score (nSPS) is 10.3. The number of halogens is 3. The summed E-state index contributed by atoms with van der Waals surface area (Å²) in [6.07, 6.45) is 2.63. The maximum absolute atomic E-state index is 13.5. The Morgan fingerprint density at radius 2 is 1.84 bits per heavy atom. The van der Waals surface area contributed by atoms with Crippen LogP contribution < -0.4 is 5.32 Å². The van der Waals surface area contributed by atoms with Crippen molar-refractivity contribution in [3.63, 3.8) is 0 Å². The zero-order chi connectivity index (χ0) is 14.0. The average Bonchev–Trinajstić information content (AvgIpc) is 2.34. The molecule has 0 atom stereocenters. The van der Waals surface area contributed by atoms with Crippen LogP contribution in [0.2, 0.25) is 0 Å². The maximum Gasteiger partial charge on any atom is 0.276 e. The van der Waals surface area contributed by atoms with E-state index < -0.39 is 23.2 Å². The highest BCUT2D eigenvalue weighted by Gasteiger charge is 2.15. The SMILES string of the molecule is Cc1cnc(C(=O)Nc2c(F)cc(Br)cc2F)cn1. The molecule has 98 valence electrons. The molecule has 0 aliphatic carbocycles. The predicted molar refractivity (Wildman–Crippen MR) is 68.8 cm³/mol. The van der Waals surface area contributed by atoms with Gasteiger partial charge in [-0.3, -0.25) is 9.78 Å². The molecule has 0 aliphatic heterocycles. The zero-order valence-electron chi connectivity index (χ0n) is 9.75. The summed E-state index contributed by atoms with van der Waals surface area (Å²) in [5.74, 6) is -2.48. The van der Waals surface area contributed by atoms with Gasteiger partial charge in [0.05, 0.1) is 11.9 Å². The fraction of sp³-hybridized carbons (Fsp3) is 0.0833. The molecule has 2 aromatic rings. The van der Waals surface area contributed by atoms with Gasteiger partial charge in [0.1, 0.15) is 11.4 Å². The molecule has 7 heteroatoms. The second kappa shape index (κ2) is 5.40. The highest BCUT2D eigenvalue weighted by atomic mass is 79.9. The van der Waals surface area contributed by atoms with Gasteiger partial charge in [0.2, 0.25) is 0 Å². The van der Waals surface area contributed by atoms with E-state index >= 15 is 0 Å². The number of amides is 1. The van der Waals surface area contributed by atoms with Gasteiger partial charge in [-0.25, -0.2) is 13.8 Å². The first-order valence-electron chi connectivity index (χ1n) is 5.22. The molecule has 1 amide bonds. The summed E-state index contributed by atoms with van der Waals surface area (Å²) in [5, 5.41) is 2.13. The first-order valence-corrected chi connectivity index (χ1v) is 6.01. The van der Waals surface area contributed by atoms with Gasteiger partial charge in [0, 0.05) is 10.7 Å². The lowest BCUT2D eigenvalue weighted by molar-refractivity contribution is 0.102. The number of nitrogens with one attached hydrogen (secondary N) is 1. The fourth-order valence-corrected chi connectivity index (χ4v) is 1.75. The van der Waals surface area contributed by atoms with Crippen molar-refractivity contribution >= 4 is 27.5 Å². The summed E-state index contributed by atoms with van der Waals surface area (Å²) >= 11 is 2.95. The smallest absolute Gasteiger partial charge is 0.276 e. The topological polar surface area (TPSA) is 54.9 Å². The summed E-state index contributed by atoms with van der Waals surface area (Å²) in [4.78, 5) is 19.5. The Morgan fingerprint density at radius 3 is 2.37 bits per heavy atom. The Labute approximate surface area is 116 Å². The van der Waals surface area contributed by atoms with Crippen molar-refractivity contribution in [2.24, 2.45) is 0 Å². The summed E-state index contributed by atoms with van der Waals surface area (Å²) in [7, 11) is 0. The van der Waals surface area contributed by atoms with E-state index in [-0.39, 0.29) is 10.2 Å². The molecule has 0 radical (unpaired) electrons. The number of hydrogen-bond donors (Lipinski definition) is 1. The molecule has 0 aliphatic rings. The minimum absolute atomic E-state index is 0.0210. The molecule has 1 heterocycles. The van der Waals surface area contributed by atoms with Crippen LogP contribution in [-0.4, -0.2) is 15.9 Å². The maximum atomic E-state index is 13.5. The lowest BCUT2D eigenvalue weighted by atomic mass is 10.2. The standard InChI is InChI=1S/C12H8BrF2N3O/c1-6-4-17-10(5-16-6)12(19)18-11-8(14)2-7(13)3-9(11)15/h2-5H,1H3,(H,18,19). The number of hydrogen-bond acceptors (Lipinski definition) is 3. The second-order valence-electron chi connectivity index (χ2n) is 3.74. The molecule has 1 N–H and O–H groups in total. The van der Waals surface area contributed by atoms with Crippen molar-refractivity contribution in [2.75, 3.05) is 5.32 Å². The predicted octanol–water partition coefficient (Wildman–Crippen LogP) is 3.08. The van der Waals surface area contributed by atoms with Crippen molar-refractivity contribution in [3.05, 3.63) is 52.0 Å². The molecule has 2 rings (SSSR count). The van der Waals surface area contributed by atoms with E-state index in [0.717, 1.165) is 12.1 Å². The first kappa shape index (κ1) is 13.5. The Bertz CT molecular complexity index is 608. The van der Waals surface area contributed by atoms with Crippen LogP contribution in [-0.2, 0) is 0 Å². The molecule has 0 fully saturated rings. The van der Waals surface area contributed by atoms with Gasteiger partial charge in [-0.15, -0.1) is 0 Å². The second-order valence-corrected chi connectivity index (χ2v) is 4.66. The lowest BCUT2D eigenvalue weighted by Crippen LogP contribution is -2.16. The number of benzene rings is 1. The zero-order valence-corrected chi connectivity index (χ0v) is 11.3. The van der Waals surface area contributed by atoms with Crippen LogP contribution in [0, 0.1) is 18.6 Å². The van der Waals surface area contributed by atoms with E-state index in [4.69, 9.17) is 0 Å². The van der Waals surface area contributed by atoms with Gasteiger partial charge in [-0.2, -0.15) is 0 Å². The third-order valence-electron chi connectivity index (χ3n) is 2.26. The van der Waals surface area contributed by atoms with Crippen LogP contribution in [0.5, 0.6) is 0 Å². The van der Waals surface area contributed by atoms with Crippen LogP contribution in [0.1, 0.15) is 16.2 Å². The number of carbonyl (C=O) groups is 1. The van der Waals surface area contributed by atoms with Crippen molar-refractivity contribution in [1.29, 1.82) is 0 Å². The molecule has 1 aromatic heterocycles. The molecule has 0 spiro atoms. The van der Waals surface area contributed by atoms with Crippen molar-refractivity contribution < 1.29 is 13.6 Å². The molecule has 0 saturated heterocycles. The Morgan fingerprint density at radius 1 is 1.21 bits per heavy atom. The summed E-state index contributed by atoms with van der Waals surface area (Å²) in [5.41, 5.74) is 0.0976. The molecule has 1 aromatic carbocycles. The molecular weight excluding hydrogens is 320 g/mol. The molecule has 0 unspecified atom stereocenters. The summed E-state index contributed by atoms with van der Waals surface area (Å²) in [6.45, 7) is 1.71. The number of anilines is 1. The third kappa shape index (κ3) is 3.11. The van der Waals surface area contributed by atoms with Crippen molar-refractivity contribution in [1.82, 2.24) is 9.97 Å². The van der Waals surface area contributed by atoms with E-state index in [9.17, 15) is 13.6 Å². The Hall–Kier alpha value is -1.89. The average molecular weight is 328 g/mol. The van der Waals surface area contributed by atoms with E-state index in [2.05, 4.69) is 31.2 Å². The number of rotatable bonds is 2. The fourth-order valence-electron chi connectivity index (χ4n) is 1.35. The van der Waals surface area contributed by atoms with Crippen molar-refractivity contribution in [3.8, 4) is 0 Å². The van der Waals surface area contributed by atoms with E-state index in [1.54, 1.807) is 6.92 Å². The minimum Gasteiger partial charge on any atom is -0.316 e. The number of carbonyl (C=O) groups excluding carboxylic acids is 1. The number of aryl methyl sites for hydroxylation is 1. The Balaban J connectivity index is 2.26. The third-order valence-corrected chi connectivity index (χ3v) is 2.72. The Kier molecular flexibility index (Phi) is 3.84. The van der Waals surface area contributed by atoms with Gasteiger partial charge in [0.15, 0.2) is 11.6 Å². The van der Waals surface area contributed by atoms with Crippen LogP contribution in [0.25, 0.3) is 0 Å².